The van der Waals surface area contributed by atoms with Crippen LogP contribution >= 0.6 is 23.5 Å². The van der Waals surface area contributed by atoms with Crippen molar-refractivity contribution in [3.05, 3.63) is 0 Å². The highest BCUT2D eigenvalue weighted by molar-refractivity contribution is 8.13. The van der Waals surface area contributed by atoms with Crippen molar-refractivity contribution in [3.8, 4) is 0 Å². The molecular weight excluding hydrogens is 360 g/mol. The first-order valence-corrected chi connectivity index (χ1v) is 10.9. The highest BCUT2D eigenvalue weighted by Crippen LogP contribution is 1.85. The van der Waals surface area contributed by atoms with Gasteiger partial charge in [0.15, 0.2) is 0 Å². The molecule has 0 spiro atoms. The molecule has 0 saturated carbocycles. The number of nitrogens with one attached hydrogen (secondary N) is 4. The molecule has 0 heterocycles. The lowest BCUT2D eigenvalue weighted by molar-refractivity contribution is -0.451. The van der Waals surface area contributed by atoms with Gasteiger partial charge >= 0.3 is 10.3 Å². The molecule has 4 N–H and O–H groups in total. The van der Waals surface area contributed by atoms with Crippen LogP contribution in [0.5, 0.6) is 0 Å². The first-order chi connectivity index (χ1) is 10.7. The SMILES string of the molecule is CCNC(=[NH+]CC)SC.CCNC(=[NH+]CC)SC.O=S(=O)([O-])[O-]. The van der Waals surface area contributed by atoms with Gasteiger partial charge in [-0.25, -0.2) is 0 Å². The smallest absolute Gasteiger partial charge is 0.303 e. The van der Waals surface area contributed by atoms with Crippen LogP contribution in [0.3, 0.4) is 0 Å². The van der Waals surface area contributed by atoms with Crippen molar-refractivity contribution in [1.82, 2.24) is 10.6 Å². The fourth-order valence-corrected chi connectivity index (χ4v) is 2.21. The molecule has 0 rings (SSSR count). The molecule has 0 aliphatic rings. The van der Waals surface area contributed by atoms with Crippen LogP contribution in [0.15, 0.2) is 0 Å². The van der Waals surface area contributed by atoms with Crippen molar-refractivity contribution in [2.24, 2.45) is 0 Å². The average Bonchev–Trinajstić information content (AvgIpc) is 2.45. The normalized spacial score (nSPS) is 11.7. The molecule has 0 aromatic heterocycles. The topological polar surface area (TPSA) is 132 Å². The predicted molar refractivity (Wildman–Crippen MR) is 97.9 cm³/mol. The molecule has 0 aliphatic heterocycles. The van der Waals surface area contributed by atoms with Crippen LogP contribution in [0.2, 0.25) is 0 Å². The Bertz CT molecular complexity index is 383. The molecule has 0 amide bonds. The van der Waals surface area contributed by atoms with Crippen molar-refractivity contribution in [3.63, 3.8) is 0 Å². The van der Waals surface area contributed by atoms with Gasteiger partial charge in [-0.05, 0) is 63.7 Å². The quantitative estimate of drug-likeness (QED) is 0.179. The molecule has 0 bridgehead atoms. The van der Waals surface area contributed by atoms with Crippen LogP contribution < -0.4 is 20.6 Å². The monoisotopic (exact) mass is 390 g/mol. The fraction of sp³-hybridized carbons (Fsp3) is 0.833. The van der Waals surface area contributed by atoms with Crippen LogP contribution in [0, 0.1) is 0 Å². The van der Waals surface area contributed by atoms with E-state index in [0.717, 1.165) is 26.2 Å². The van der Waals surface area contributed by atoms with Crippen molar-refractivity contribution in [1.29, 1.82) is 0 Å². The Morgan fingerprint density at radius 2 is 1.13 bits per heavy atom. The van der Waals surface area contributed by atoms with E-state index < -0.39 is 10.4 Å². The summed E-state index contributed by atoms with van der Waals surface area (Å²) in [6.07, 6.45) is 4.11. The molecule has 0 atom stereocenters. The Morgan fingerprint density at radius 1 is 0.870 bits per heavy atom. The first kappa shape index (κ1) is 27.4. The Hall–Kier alpha value is -0.490. The summed E-state index contributed by atoms with van der Waals surface area (Å²) >= 11 is 3.43. The van der Waals surface area contributed by atoms with Crippen LogP contribution in [0.1, 0.15) is 27.7 Å². The molecule has 0 radical (unpaired) electrons. The minimum atomic E-state index is -5.17. The summed E-state index contributed by atoms with van der Waals surface area (Å²) in [6.45, 7) is 12.3. The standard InChI is InChI=1S/2C6H14N2S.H2O4S/c2*1-4-7-6(9-3)8-5-2;1-5(2,3)4/h2*4-5H2,1-3H3,(H,7,8);(H2,1,2,3,4). The molecule has 0 aromatic rings. The molecule has 8 nitrogen and oxygen atoms in total. The van der Waals surface area contributed by atoms with Crippen molar-refractivity contribution >= 4 is 44.3 Å². The third-order valence-corrected chi connectivity index (χ3v) is 3.15. The van der Waals surface area contributed by atoms with Gasteiger partial charge in [0, 0.05) is 10.4 Å². The minimum Gasteiger partial charge on any atom is -0.759 e. The third-order valence-electron chi connectivity index (χ3n) is 1.76. The Labute approximate surface area is 149 Å². The van der Waals surface area contributed by atoms with E-state index in [1.54, 1.807) is 23.5 Å². The molecule has 0 aliphatic carbocycles. The average molecular weight is 391 g/mol. The van der Waals surface area contributed by atoms with Gasteiger partial charge in [0.25, 0.3) is 0 Å². The lowest BCUT2D eigenvalue weighted by Crippen LogP contribution is -2.74. The van der Waals surface area contributed by atoms with Gasteiger partial charge in [0.05, 0.1) is 26.2 Å². The van der Waals surface area contributed by atoms with E-state index in [1.807, 2.05) is 0 Å². The summed E-state index contributed by atoms with van der Waals surface area (Å²) in [7, 11) is -5.17. The van der Waals surface area contributed by atoms with E-state index in [0.29, 0.717) is 0 Å². The second-order valence-electron chi connectivity index (χ2n) is 3.60. The fourth-order valence-electron chi connectivity index (χ4n) is 1.06. The molecule has 0 saturated heterocycles. The van der Waals surface area contributed by atoms with Gasteiger partial charge in [-0.3, -0.25) is 29.0 Å². The molecule has 23 heavy (non-hydrogen) atoms. The van der Waals surface area contributed by atoms with Gasteiger partial charge in [-0.2, -0.15) is 0 Å². The zero-order valence-corrected chi connectivity index (χ0v) is 17.1. The van der Waals surface area contributed by atoms with E-state index in [-0.39, 0.29) is 0 Å². The van der Waals surface area contributed by atoms with E-state index in [2.05, 4.69) is 60.8 Å². The van der Waals surface area contributed by atoms with Crippen molar-refractivity contribution < 1.29 is 27.5 Å². The van der Waals surface area contributed by atoms with Crippen LogP contribution in [-0.4, -0.2) is 66.5 Å². The number of hydrogen-bond donors (Lipinski definition) is 4. The molecule has 0 aromatic carbocycles. The maximum absolute atomic E-state index is 8.52. The van der Waals surface area contributed by atoms with Gasteiger partial charge in [0.1, 0.15) is 0 Å². The molecule has 0 fully saturated rings. The van der Waals surface area contributed by atoms with Crippen molar-refractivity contribution in [2.75, 3.05) is 38.7 Å². The Morgan fingerprint density at radius 3 is 1.26 bits per heavy atom. The zero-order chi connectivity index (χ0) is 18.7. The van der Waals surface area contributed by atoms with Crippen LogP contribution in [-0.2, 0) is 10.4 Å². The van der Waals surface area contributed by atoms with E-state index in [9.17, 15) is 0 Å². The number of hydrogen-bond acceptors (Lipinski definition) is 6. The summed E-state index contributed by atoms with van der Waals surface area (Å²) in [5.41, 5.74) is 0. The van der Waals surface area contributed by atoms with Crippen LogP contribution in [0.25, 0.3) is 0 Å². The van der Waals surface area contributed by atoms with E-state index in [1.165, 1.54) is 10.3 Å². The number of rotatable bonds is 4. The third kappa shape index (κ3) is 34.0. The van der Waals surface area contributed by atoms with Gasteiger partial charge in [-0.1, -0.05) is 0 Å². The first-order valence-electron chi connectivity index (χ1n) is 7.13. The second kappa shape index (κ2) is 19.6. The van der Waals surface area contributed by atoms with Gasteiger partial charge < -0.3 is 9.11 Å². The maximum Gasteiger partial charge on any atom is 0.303 e. The molecule has 11 heteroatoms. The predicted octanol–water partition coefficient (Wildman–Crippen LogP) is -2.51. The summed E-state index contributed by atoms with van der Waals surface area (Å²) < 4.78 is 34.1. The second-order valence-corrected chi connectivity index (χ2v) is 6.05. The van der Waals surface area contributed by atoms with E-state index >= 15 is 0 Å². The summed E-state index contributed by atoms with van der Waals surface area (Å²) in [5, 5.41) is 8.74. The highest BCUT2D eigenvalue weighted by atomic mass is 32.3. The van der Waals surface area contributed by atoms with Gasteiger partial charge in [-0.15, -0.1) is 0 Å². The van der Waals surface area contributed by atoms with Crippen molar-refractivity contribution in [2.45, 2.75) is 27.7 Å². The molecule has 0 unspecified atom stereocenters. The summed E-state index contributed by atoms with van der Waals surface area (Å²) in [5.74, 6) is 0. The Balaban J connectivity index is -0.000000273. The summed E-state index contributed by atoms with van der Waals surface area (Å²) in [6, 6.07) is 0. The lowest BCUT2D eigenvalue weighted by Gasteiger charge is -2.06. The van der Waals surface area contributed by atoms with Gasteiger partial charge in [0.2, 0.25) is 0 Å². The summed E-state index contributed by atoms with van der Waals surface area (Å²) in [4.78, 5) is 6.40. The largest absolute Gasteiger partial charge is 0.759 e. The molecule has 140 valence electrons. The number of amidine groups is 2. The maximum atomic E-state index is 8.52. The van der Waals surface area contributed by atoms with E-state index in [4.69, 9.17) is 17.5 Å². The van der Waals surface area contributed by atoms with Crippen LogP contribution in [0.4, 0.5) is 0 Å². The lowest BCUT2D eigenvalue weighted by atomic mass is 10.7. The minimum absolute atomic E-state index is 0.989. The zero-order valence-electron chi connectivity index (χ0n) is 14.7. The molecular formula is C12H30N4O4S3. The Kier molecular flexibility index (Phi) is 23.3. The highest BCUT2D eigenvalue weighted by Gasteiger charge is 1.98. The number of thioether (sulfide) groups is 2.